The molecule has 1 aromatic carbocycles. The first-order valence-corrected chi connectivity index (χ1v) is 13.5. The fourth-order valence-corrected chi connectivity index (χ4v) is 5.73. The van der Waals surface area contributed by atoms with E-state index >= 15 is 4.39 Å². The minimum absolute atomic E-state index is 0.184. The zero-order valence-electron chi connectivity index (χ0n) is 21.8. The Morgan fingerprint density at radius 2 is 1.74 bits per heavy atom. The molecule has 5 heterocycles. The molecule has 0 amide bonds. The number of anilines is 4. The summed E-state index contributed by atoms with van der Waals surface area (Å²) in [6, 6.07) is 4.23. The van der Waals surface area contributed by atoms with E-state index in [1.165, 1.54) is 12.5 Å². The van der Waals surface area contributed by atoms with Crippen molar-refractivity contribution in [1.82, 2.24) is 14.9 Å². The quantitative estimate of drug-likeness (QED) is 0.526. The van der Waals surface area contributed by atoms with Gasteiger partial charge in [0.25, 0.3) is 0 Å². The highest BCUT2D eigenvalue weighted by molar-refractivity contribution is 5.97. The summed E-state index contributed by atoms with van der Waals surface area (Å²) in [6.45, 7) is 8.95. The molecule has 1 unspecified atom stereocenters. The van der Waals surface area contributed by atoms with E-state index in [4.69, 9.17) is 14.5 Å². The zero-order chi connectivity index (χ0) is 26.1. The second kappa shape index (κ2) is 11.0. The molecule has 3 aromatic rings. The van der Waals surface area contributed by atoms with Gasteiger partial charge in [-0.05, 0) is 32.3 Å². The molecule has 0 aliphatic carbocycles. The van der Waals surface area contributed by atoms with Gasteiger partial charge in [0.1, 0.15) is 23.7 Å². The number of halogens is 2. The number of pyridine rings is 2. The number of ether oxygens (including phenoxy) is 2. The lowest BCUT2D eigenvalue weighted by molar-refractivity contribution is -0.0872. The number of rotatable bonds is 5. The Hall–Kier alpha value is -3.08. The van der Waals surface area contributed by atoms with Crippen molar-refractivity contribution in [1.29, 1.82) is 0 Å². The summed E-state index contributed by atoms with van der Waals surface area (Å²) in [5.74, 6) is -0.536. The van der Waals surface area contributed by atoms with Crippen LogP contribution in [0.5, 0.6) is 0 Å². The van der Waals surface area contributed by atoms with Gasteiger partial charge in [0.15, 0.2) is 0 Å². The summed E-state index contributed by atoms with van der Waals surface area (Å²) < 4.78 is 40.9. The predicted octanol–water partition coefficient (Wildman–Crippen LogP) is 4.45. The average Bonchev–Trinajstić information content (AvgIpc) is 2.95. The largest absolute Gasteiger partial charge is 0.378 e. The van der Waals surface area contributed by atoms with Crippen molar-refractivity contribution in [3.8, 4) is 0 Å². The Labute approximate surface area is 221 Å². The normalized spacial score (nSPS) is 21.2. The molecule has 1 N–H and O–H groups in total. The van der Waals surface area contributed by atoms with Crippen molar-refractivity contribution in [2.75, 3.05) is 74.2 Å². The number of aromatic nitrogens is 2. The number of nitrogens with zero attached hydrogens (tertiary/aromatic N) is 5. The Morgan fingerprint density at radius 1 is 0.921 bits per heavy atom. The van der Waals surface area contributed by atoms with E-state index in [-0.39, 0.29) is 11.6 Å². The minimum atomic E-state index is -0.640. The zero-order valence-corrected chi connectivity index (χ0v) is 21.8. The molecule has 202 valence electrons. The third-order valence-electron chi connectivity index (χ3n) is 7.77. The number of hydrogen-bond donors (Lipinski definition) is 1. The van der Waals surface area contributed by atoms with Crippen LogP contribution in [-0.4, -0.2) is 80.2 Å². The van der Waals surface area contributed by atoms with Gasteiger partial charge in [-0.3, -0.25) is 9.88 Å². The molecule has 0 bridgehead atoms. The highest BCUT2D eigenvalue weighted by atomic mass is 19.1. The van der Waals surface area contributed by atoms with Gasteiger partial charge in [0.2, 0.25) is 0 Å². The summed E-state index contributed by atoms with van der Waals surface area (Å²) in [6.07, 6.45) is 7.12. The Bertz CT molecular complexity index is 1290. The lowest BCUT2D eigenvalue weighted by Gasteiger charge is -2.41. The number of piperazine rings is 1. The Kier molecular flexibility index (Phi) is 7.27. The van der Waals surface area contributed by atoms with E-state index in [0.717, 1.165) is 87.5 Å². The molecular weight excluding hydrogens is 490 g/mol. The van der Waals surface area contributed by atoms with E-state index in [2.05, 4.69) is 25.0 Å². The first kappa shape index (κ1) is 25.2. The van der Waals surface area contributed by atoms with E-state index in [9.17, 15) is 4.39 Å². The van der Waals surface area contributed by atoms with Gasteiger partial charge in [0.05, 0.1) is 53.6 Å². The summed E-state index contributed by atoms with van der Waals surface area (Å²) in [5, 5.41) is 3.69. The number of morpholine rings is 1. The van der Waals surface area contributed by atoms with Crippen LogP contribution < -0.4 is 15.1 Å². The topological polar surface area (TPSA) is 66.0 Å². The number of hydrogen-bond acceptors (Lipinski definition) is 8. The second-order valence-electron chi connectivity index (χ2n) is 10.2. The molecule has 10 heteroatoms. The van der Waals surface area contributed by atoms with Crippen LogP contribution >= 0.6 is 0 Å². The van der Waals surface area contributed by atoms with Crippen molar-refractivity contribution in [3.63, 3.8) is 0 Å². The first-order valence-electron chi connectivity index (χ1n) is 13.5. The van der Waals surface area contributed by atoms with Crippen LogP contribution in [-0.2, 0) is 9.47 Å². The summed E-state index contributed by atoms with van der Waals surface area (Å²) >= 11 is 0. The fourth-order valence-electron chi connectivity index (χ4n) is 5.73. The summed E-state index contributed by atoms with van der Waals surface area (Å²) in [5.41, 5.74) is 3.41. The van der Waals surface area contributed by atoms with Gasteiger partial charge in [-0.1, -0.05) is 0 Å². The van der Waals surface area contributed by atoms with Gasteiger partial charge >= 0.3 is 0 Å². The average molecular weight is 525 g/mol. The lowest BCUT2D eigenvalue weighted by Crippen LogP contribution is -2.52. The molecule has 1 atom stereocenters. The molecule has 8 nitrogen and oxygen atoms in total. The van der Waals surface area contributed by atoms with Crippen LogP contribution in [0.1, 0.15) is 24.8 Å². The summed E-state index contributed by atoms with van der Waals surface area (Å²) in [7, 11) is 0. The van der Waals surface area contributed by atoms with Gasteiger partial charge in [-0.15, -0.1) is 0 Å². The van der Waals surface area contributed by atoms with Gasteiger partial charge in [-0.2, -0.15) is 0 Å². The van der Waals surface area contributed by atoms with E-state index < -0.39 is 11.6 Å². The number of fused-ring (bicyclic) bond motifs is 1. The molecule has 3 saturated heterocycles. The molecule has 0 saturated carbocycles. The molecule has 0 radical (unpaired) electrons. The van der Waals surface area contributed by atoms with Crippen LogP contribution in [0.15, 0.2) is 30.6 Å². The van der Waals surface area contributed by atoms with Crippen molar-refractivity contribution in [2.45, 2.75) is 32.4 Å². The molecule has 6 rings (SSSR count). The SMILES string of the molecule is Cc1c(N2CCN(C3CCCCO3)CC2)nc2cc(F)cc(F)c2c1Nc1cncc(N2CCOCC2)c1. The molecule has 3 aliphatic heterocycles. The van der Waals surface area contributed by atoms with Gasteiger partial charge in [0, 0.05) is 63.6 Å². The van der Waals surface area contributed by atoms with Crippen LogP contribution in [0.25, 0.3) is 10.9 Å². The molecule has 0 spiro atoms. The monoisotopic (exact) mass is 524 g/mol. The van der Waals surface area contributed by atoms with Crippen LogP contribution in [0, 0.1) is 18.6 Å². The van der Waals surface area contributed by atoms with Crippen molar-refractivity contribution in [2.24, 2.45) is 0 Å². The second-order valence-corrected chi connectivity index (χ2v) is 10.2. The maximum absolute atomic E-state index is 15.2. The molecule has 3 aliphatic rings. The van der Waals surface area contributed by atoms with Crippen molar-refractivity contribution in [3.05, 3.63) is 47.8 Å². The maximum atomic E-state index is 15.2. The van der Waals surface area contributed by atoms with Gasteiger partial charge in [-0.25, -0.2) is 13.8 Å². The predicted molar refractivity (Wildman–Crippen MR) is 144 cm³/mol. The third kappa shape index (κ3) is 5.12. The van der Waals surface area contributed by atoms with E-state index in [1.807, 2.05) is 19.2 Å². The highest BCUT2D eigenvalue weighted by Gasteiger charge is 2.28. The first-order chi connectivity index (χ1) is 18.6. The minimum Gasteiger partial charge on any atom is -0.378 e. The third-order valence-corrected chi connectivity index (χ3v) is 7.77. The highest BCUT2D eigenvalue weighted by Crippen LogP contribution is 2.37. The Morgan fingerprint density at radius 3 is 2.50 bits per heavy atom. The molecule has 38 heavy (non-hydrogen) atoms. The lowest BCUT2D eigenvalue weighted by atomic mass is 10.1. The smallest absolute Gasteiger partial charge is 0.137 e. The van der Waals surface area contributed by atoms with Gasteiger partial charge < -0.3 is 24.6 Å². The van der Waals surface area contributed by atoms with E-state index in [0.29, 0.717) is 24.4 Å². The summed E-state index contributed by atoms with van der Waals surface area (Å²) in [4.78, 5) is 16.0. The molecular formula is C28H34F2N6O2. The Balaban J connectivity index is 1.32. The van der Waals surface area contributed by atoms with E-state index in [1.54, 1.807) is 6.20 Å². The molecule has 3 fully saturated rings. The number of nitrogens with one attached hydrogen (secondary N) is 1. The maximum Gasteiger partial charge on any atom is 0.137 e. The van der Waals surface area contributed by atoms with Crippen molar-refractivity contribution < 1.29 is 18.3 Å². The molecule has 2 aromatic heterocycles. The van der Waals surface area contributed by atoms with Crippen LogP contribution in [0.2, 0.25) is 0 Å². The number of benzene rings is 1. The standard InChI is InChI=1S/C28H34F2N6O2/c1-19-27(32-21-16-22(18-31-17-21)34-9-12-37-13-10-34)26-23(30)14-20(29)15-24(26)33-28(19)36-7-5-35(6-8-36)25-4-2-3-11-38-25/h14-18,25H,2-13H2,1H3,(H,32,33). The fraction of sp³-hybridized carbons (Fsp3) is 0.500. The van der Waals surface area contributed by atoms with Crippen LogP contribution in [0.3, 0.4) is 0 Å². The van der Waals surface area contributed by atoms with Crippen molar-refractivity contribution >= 4 is 33.8 Å². The van der Waals surface area contributed by atoms with Crippen LogP contribution in [0.4, 0.5) is 31.7 Å².